The van der Waals surface area contributed by atoms with Crippen LogP contribution in [0.5, 0.6) is 5.75 Å². The van der Waals surface area contributed by atoms with Crippen LogP contribution in [-0.2, 0) is 0 Å². The standard InChI is InChI=1S/C14H10O2S/c1-9-6-7-10(17-9)8-13-14(15)11-4-2-3-5-12(11)16-13/h2-8H,1H3/b13-8-. The maximum atomic E-state index is 12.0. The lowest BCUT2D eigenvalue weighted by molar-refractivity contribution is 0.101. The van der Waals surface area contributed by atoms with E-state index in [2.05, 4.69) is 0 Å². The van der Waals surface area contributed by atoms with E-state index < -0.39 is 0 Å². The zero-order valence-corrected chi connectivity index (χ0v) is 10.1. The number of rotatable bonds is 1. The van der Waals surface area contributed by atoms with Crippen molar-refractivity contribution in [2.45, 2.75) is 6.92 Å². The molecule has 0 spiro atoms. The second-order valence-corrected chi connectivity index (χ2v) is 5.20. The third kappa shape index (κ3) is 1.78. The topological polar surface area (TPSA) is 26.3 Å². The van der Waals surface area contributed by atoms with Crippen LogP contribution < -0.4 is 4.74 Å². The van der Waals surface area contributed by atoms with Gasteiger partial charge in [0.05, 0.1) is 5.56 Å². The molecule has 0 bridgehead atoms. The first-order chi connectivity index (χ1) is 8.24. The number of hydrogen-bond donors (Lipinski definition) is 0. The average Bonchev–Trinajstić information content (AvgIpc) is 2.86. The van der Waals surface area contributed by atoms with E-state index in [0.29, 0.717) is 17.1 Å². The van der Waals surface area contributed by atoms with Crippen LogP contribution in [0.4, 0.5) is 0 Å². The highest BCUT2D eigenvalue weighted by molar-refractivity contribution is 7.12. The molecule has 2 heterocycles. The predicted octanol–water partition coefficient (Wildman–Crippen LogP) is 3.67. The highest BCUT2D eigenvalue weighted by Gasteiger charge is 2.26. The molecule has 2 nitrogen and oxygen atoms in total. The summed E-state index contributed by atoms with van der Waals surface area (Å²) >= 11 is 1.65. The third-order valence-corrected chi connectivity index (χ3v) is 3.56. The first-order valence-corrected chi connectivity index (χ1v) is 6.15. The Hall–Kier alpha value is -1.87. The van der Waals surface area contributed by atoms with Gasteiger partial charge in [-0.25, -0.2) is 0 Å². The average molecular weight is 242 g/mol. The molecule has 0 aliphatic carbocycles. The monoisotopic (exact) mass is 242 g/mol. The summed E-state index contributed by atoms with van der Waals surface area (Å²) < 4.78 is 5.55. The molecule has 0 saturated heterocycles. The molecule has 3 heteroatoms. The van der Waals surface area contributed by atoms with E-state index in [1.165, 1.54) is 4.88 Å². The van der Waals surface area contributed by atoms with Crippen LogP contribution in [0.2, 0.25) is 0 Å². The van der Waals surface area contributed by atoms with Crippen LogP contribution in [0.1, 0.15) is 20.1 Å². The van der Waals surface area contributed by atoms with Gasteiger partial charge in [-0.2, -0.15) is 0 Å². The zero-order valence-electron chi connectivity index (χ0n) is 9.27. The molecule has 0 atom stereocenters. The first kappa shape index (κ1) is 10.3. The van der Waals surface area contributed by atoms with Gasteiger partial charge >= 0.3 is 0 Å². The van der Waals surface area contributed by atoms with Gasteiger partial charge in [0, 0.05) is 15.8 Å². The Morgan fingerprint density at radius 3 is 2.71 bits per heavy atom. The summed E-state index contributed by atoms with van der Waals surface area (Å²) in [6.07, 6.45) is 1.81. The van der Waals surface area contributed by atoms with Crippen molar-refractivity contribution in [2.24, 2.45) is 0 Å². The van der Waals surface area contributed by atoms with Crippen LogP contribution in [0.3, 0.4) is 0 Å². The molecule has 2 aromatic rings. The van der Waals surface area contributed by atoms with E-state index in [9.17, 15) is 4.79 Å². The maximum Gasteiger partial charge on any atom is 0.231 e. The van der Waals surface area contributed by atoms with Crippen molar-refractivity contribution in [1.82, 2.24) is 0 Å². The molecule has 0 fully saturated rings. The van der Waals surface area contributed by atoms with Crippen molar-refractivity contribution >= 4 is 23.2 Å². The van der Waals surface area contributed by atoms with Gasteiger partial charge in [-0.1, -0.05) is 12.1 Å². The third-order valence-electron chi connectivity index (χ3n) is 2.61. The number of ether oxygens (including phenoxy) is 1. The number of allylic oxidation sites excluding steroid dienone is 1. The number of carbonyl (C=O) groups excluding carboxylic acids is 1. The number of hydrogen-bond acceptors (Lipinski definition) is 3. The van der Waals surface area contributed by atoms with E-state index in [0.717, 1.165) is 4.88 Å². The van der Waals surface area contributed by atoms with Gasteiger partial charge in [0.15, 0.2) is 5.76 Å². The summed E-state index contributed by atoms with van der Waals surface area (Å²) in [5.41, 5.74) is 0.645. The summed E-state index contributed by atoms with van der Waals surface area (Å²) in [4.78, 5) is 14.3. The minimum Gasteiger partial charge on any atom is -0.452 e. The fourth-order valence-electron chi connectivity index (χ4n) is 1.80. The van der Waals surface area contributed by atoms with Crippen LogP contribution in [-0.4, -0.2) is 5.78 Å². The molecule has 1 aliphatic heterocycles. The molecular formula is C14H10O2S. The van der Waals surface area contributed by atoms with Crippen LogP contribution in [0, 0.1) is 6.92 Å². The molecular weight excluding hydrogens is 232 g/mol. The molecule has 0 saturated carbocycles. The van der Waals surface area contributed by atoms with Gasteiger partial charge in [-0.3, -0.25) is 4.79 Å². The number of carbonyl (C=O) groups is 1. The van der Waals surface area contributed by atoms with Gasteiger partial charge in [0.1, 0.15) is 5.75 Å². The Morgan fingerprint density at radius 2 is 2.00 bits per heavy atom. The molecule has 1 aromatic carbocycles. The number of benzene rings is 1. The van der Waals surface area contributed by atoms with Crippen molar-refractivity contribution in [3.63, 3.8) is 0 Å². The Morgan fingerprint density at radius 1 is 1.18 bits per heavy atom. The lowest BCUT2D eigenvalue weighted by atomic mass is 10.1. The lowest BCUT2D eigenvalue weighted by Gasteiger charge is -1.95. The van der Waals surface area contributed by atoms with Crippen molar-refractivity contribution < 1.29 is 9.53 Å². The number of thiophene rings is 1. The SMILES string of the molecule is Cc1ccc(/C=C2\Oc3ccccc3C2=O)s1. The molecule has 3 rings (SSSR count). The normalized spacial score (nSPS) is 16.1. The summed E-state index contributed by atoms with van der Waals surface area (Å²) in [6.45, 7) is 2.04. The zero-order chi connectivity index (χ0) is 11.8. The molecule has 0 radical (unpaired) electrons. The highest BCUT2D eigenvalue weighted by Crippen LogP contribution is 2.32. The van der Waals surface area contributed by atoms with E-state index >= 15 is 0 Å². The number of Topliss-reactive ketones (excluding diaryl/α,β-unsaturated/α-hetero) is 1. The van der Waals surface area contributed by atoms with Gasteiger partial charge in [-0.05, 0) is 31.2 Å². The van der Waals surface area contributed by atoms with E-state index in [1.54, 1.807) is 23.5 Å². The minimum absolute atomic E-state index is 0.0355. The summed E-state index contributed by atoms with van der Waals surface area (Å²) in [5.74, 6) is 1.02. The Balaban J connectivity index is 1.99. The second-order valence-electron chi connectivity index (χ2n) is 3.88. The maximum absolute atomic E-state index is 12.0. The highest BCUT2D eigenvalue weighted by atomic mass is 32.1. The molecule has 1 aliphatic rings. The first-order valence-electron chi connectivity index (χ1n) is 5.34. The predicted molar refractivity (Wildman–Crippen MR) is 68.4 cm³/mol. The quantitative estimate of drug-likeness (QED) is 0.713. The Labute approximate surface area is 103 Å². The van der Waals surface area contributed by atoms with Crippen LogP contribution in [0.25, 0.3) is 6.08 Å². The Kier molecular flexibility index (Phi) is 2.34. The van der Waals surface area contributed by atoms with Crippen molar-refractivity contribution in [1.29, 1.82) is 0 Å². The molecule has 0 N–H and O–H groups in total. The summed E-state index contributed by atoms with van der Waals surface area (Å²) in [7, 11) is 0. The molecule has 1 aromatic heterocycles. The summed E-state index contributed by atoms with van der Waals surface area (Å²) in [6, 6.07) is 11.3. The number of aryl methyl sites for hydroxylation is 1. The van der Waals surface area contributed by atoms with E-state index in [1.807, 2.05) is 37.3 Å². The lowest BCUT2D eigenvalue weighted by Crippen LogP contribution is -1.97. The summed E-state index contributed by atoms with van der Waals surface area (Å²) in [5, 5.41) is 0. The van der Waals surface area contributed by atoms with Crippen molar-refractivity contribution in [3.8, 4) is 5.75 Å². The molecule has 0 amide bonds. The van der Waals surface area contributed by atoms with E-state index in [-0.39, 0.29) is 5.78 Å². The Bertz CT molecular complexity index is 623. The van der Waals surface area contributed by atoms with Crippen molar-refractivity contribution in [2.75, 3.05) is 0 Å². The van der Waals surface area contributed by atoms with Gasteiger partial charge in [-0.15, -0.1) is 11.3 Å². The van der Waals surface area contributed by atoms with Gasteiger partial charge in [0.2, 0.25) is 5.78 Å². The van der Waals surface area contributed by atoms with Crippen LogP contribution >= 0.6 is 11.3 Å². The number of ketones is 1. The smallest absolute Gasteiger partial charge is 0.231 e. The molecule has 0 unspecified atom stereocenters. The largest absolute Gasteiger partial charge is 0.452 e. The fourth-order valence-corrected chi connectivity index (χ4v) is 2.61. The van der Waals surface area contributed by atoms with Crippen LogP contribution in [0.15, 0.2) is 42.2 Å². The number of para-hydroxylation sites is 1. The van der Waals surface area contributed by atoms with Crippen molar-refractivity contribution in [3.05, 3.63) is 57.5 Å². The second kappa shape index (κ2) is 3.86. The van der Waals surface area contributed by atoms with E-state index in [4.69, 9.17) is 4.74 Å². The minimum atomic E-state index is -0.0355. The molecule has 17 heavy (non-hydrogen) atoms. The number of fused-ring (bicyclic) bond motifs is 1. The molecule has 84 valence electrons. The van der Waals surface area contributed by atoms with Gasteiger partial charge in [0.25, 0.3) is 0 Å². The van der Waals surface area contributed by atoms with Gasteiger partial charge < -0.3 is 4.74 Å². The fraction of sp³-hybridized carbons (Fsp3) is 0.0714.